The Morgan fingerprint density at radius 3 is 2.33 bits per heavy atom. The second-order valence-corrected chi connectivity index (χ2v) is 8.05. The summed E-state index contributed by atoms with van der Waals surface area (Å²) < 4.78 is 5.45. The van der Waals surface area contributed by atoms with Crippen molar-refractivity contribution < 1.29 is 29.0 Å². The lowest BCUT2D eigenvalue weighted by molar-refractivity contribution is -0.142. The van der Waals surface area contributed by atoms with Gasteiger partial charge in [0.2, 0.25) is 11.8 Å². The summed E-state index contributed by atoms with van der Waals surface area (Å²) >= 11 is 0. The number of hydrogen-bond donors (Lipinski definition) is 3. The number of amides is 3. The Morgan fingerprint density at radius 2 is 1.70 bits per heavy atom. The van der Waals surface area contributed by atoms with Crippen LogP contribution >= 0.6 is 0 Å². The highest BCUT2D eigenvalue weighted by Gasteiger charge is 2.32. The predicted molar refractivity (Wildman–Crippen MR) is 118 cm³/mol. The number of ether oxygens (including phenoxy) is 1. The molecule has 1 saturated heterocycles. The van der Waals surface area contributed by atoms with E-state index in [9.17, 15) is 24.3 Å². The Bertz CT molecular complexity index is 1040. The highest BCUT2D eigenvalue weighted by molar-refractivity contribution is 5.90. The molecule has 0 aromatic heterocycles. The van der Waals surface area contributed by atoms with E-state index in [0.29, 0.717) is 0 Å². The van der Waals surface area contributed by atoms with Crippen LogP contribution in [0.4, 0.5) is 4.79 Å². The van der Waals surface area contributed by atoms with E-state index in [1.807, 2.05) is 48.5 Å². The average molecular weight is 451 g/mol. The molecule has 0 bridgehead atoms. The number of carboxylic acids is 1. The Kier molecular flexibility index (Phi) is 6.58. The Hall–Kier alpha value is -3.88. The van der Waals surface area contributed by atoms with Crippen molar-refractivity contribution in [1.82, 2.24) is 15.5 Å². The van der Waals surface area contributed by atoms with Crippen LogP contribution in [0.25, 0.3) is 11.1 Å². The van der Waals surface area contributed by atoms with Gasteiger partial charge in [-0.3, -0.25) is 14.4 Å². The average Bonchev–Trinajstić information content (AvgIpc) is 2.95. The van der Waals surface area contributed by atoms with Crippen molar-refractivity contribution in [2.24, 2.45) is 0 Å². The number of carbonyl (C=O) groups excluding carboxylic acids is 3. The molecular weight excluding hydrogens is 426 g/mol. The zero-order chi connectivity index (χ0) is 23.4. The molecule has 4 rings (SSSR count). The van der Waals surface area contributed by atoms with E-state index in [0.717, 1.165) is 22.3 Å². The molecule has 0 radical (unpaired) electrons. The topological polar surface area (TPSA) is 125 Å². The van der Waals surface area contributed by atoms with Gasteiger partial charge in [0.1, 0.15) is 12.6 Å². The fraction of sp³-hybridized carbons (Fsp3) is 0.333. The third kappa shape index (κ3) is 4.97. The van der Waals surface area contributed by atoms with Crippen molar-refractivity contribution in [1.29, 1.82) is 0 Å². The summed E-state index contributed by atoms with van der Waals surface area (Å²) in [7, 11) is 0. The number of nitrogens with one attached hydrogen (secondary N) is 2. The molecule has 1 fully saturated rings. The molecule has 33 heavy (non-hydrogen) atoms. The van der Waals surface area contributed by atoms with Gasteiger partial charge in [0.05, 0.1) is 6.42 Å². The maximum absolute atomic E-state index is 12.9. The number of carboxylic acid groups (broad SMARTS) is 1. The van der Waals surface area contributed by atoms with Crippen LogP contribution in [0, 0.1) is 0 Å². The molecule has 1 aliphatic heterocycles. The first-order valence-electron chi connectivity index (χ1n) is 10.8. The van der Waals surface area contributed by atoms with Crippen LogP contribution in [0.15, 0.2) is 48.5 Å². The molecule has 172 valence electrons. The van der Waals surface area contributed by atoms with Crippen molar-refractivity contribution in [3.63, 3.8) is 0 Å². The van der Waals surface area contributed by atoms with Crippen LogP contribution in [0.2, 0.25) is 0 Å². The number of benzene rings is 2. The number of hydrogen-bond acceptors (Lipinski definition) is 5. The number of fused-ring (bicyclic) bond motifs is 3. The number of nitrogens with zero attached hydrogens (tertiary/aromatic N) is 1. The smallest absolute Gasteiger partial charge is 0.407 e. The number of carbonyl (C=O) groups is 4. The van der Waals surface area contributed by atoms with Gasteiger partial charge in [0.15, 0.2) is 0 Å². The van der Waals surface area contributed by atoms with Gasteiger partial charge in [0, 0.05) is 32.0 Å². The van der Waals surface area contributed by atoms with Crippen molar-refractivity contribution in [2.45, 2.75) is 24.8 Å². The molecule has 1 unspecified atom stereocenters. The van der Waals surface area contributed by atoms with Crippen LogP contribution in [0.1, 0.15) is 29.9 Å². The Morgan fingerprint density at radius 1 is 1.06 bits per heavy atom. The summed E-state index contributed by atoms with van der Waals surface area (Å²) in [5.41, 5.74) is 4.27. The molecule has 1 atom stereocenters. The van der Waals surface area contributed by atoms with Crippen LogP contribution in [0.3, 0.4) is 0 Å². The summed E-state index contributed by atoms with van der Waals surface area (Å²) in [4.78, 5) is 49.7. The normalized spacial score (nSPS) is 16.1. The van der Waals surface area contributed by atoms with Crippen LogP contribution < -0.4 is 10.6 Å². The fourth-order valence-corrected chi connectivity index (χ4v) is 4.36. The van der Waals surface area contributed by atoms with Crippen LogP contribution in [-0.2, 0) is 19.1 Å². The maximum atomic E-state index is 12.9. The highest BCUT2D eigenvalue weighted by atomic mass is 16.5. The van der Waals surface area contributed by atoms with Crippen molar-refractivity contribution in [3.05, 3.63) is 59.7 Å². The summed E-state index contributed by atoms with van der Waals surface area (Å²) in [6, 6.07) is 14.5. The Balaban J connectivity index is 1.42. The summed E-state index contributed by atoms with van der Waals surface area (Å²) in [5, 5.41) is 14.3. The van der Waals surface area contributed by atoms with Gasteiger partial charge in [-0.05, 0) is 22.3 Å². The molecule has 0 spiro atoms. The van der Waals surface area contributed by atoms with Gasteiger partial charge < -0.3 is 25.4 Å². The minimum atomic E-state index is -1.29. The van der Waals surface area contributed by atoms with Gasteiger partial charge in [-0.2, -0.15) is 0 Å². The summed E-state index contributed by atoms with van der Waals surface area (Å²) in [6.07, 6.45) is -1.32. The van der Waals surface area contributed by atoms with Crippen molar-refractivity contribution in [2.75, 3.05) is 26.2 Å². The third-order valence-corrected chi connectivity index (χ3v) is 5.94. The molecule has 9 nitrogen and oxygen atoms in total. The van der Waals surface area contributed by atoms with E-state index in [1.54, 1.807) is 0 Å². The number of alkyl carbamates (subject to hydrolysis) is 1. The highest BCUT2D eigenvalue weighted by Crippen LogP contribution is 2.44. The monoisotopic (exact) mass is 451 g/mol. The lowest BCUT2D eigenvalue weighted by atomic mass is 9.98. The second kappa shape index (κ2) is 9.72. The largest absolute Gasteiger partial charge is 0.481 e. The first kappa shape index (κ1) is 22.3. The minimum absolute atomic E-state index is 0.0516. The van der Waals surface area contributed by atoms with Crippen LogP contribution in [-0.4, -0.2) is 66.2 Å². The fourth-order valence-electron chi connectivity index (χ4n) is 4.36. The van der Waals surface area contributed by atoms with Gasteiger partial charge in [-0.1, -0.05) is 48.5 Å². The van der Waals surface area contributed by atoms with Gasteiger partial charge in [-0.25, -0.2) is 4.79 Å². The first-order chi connectivity index (χ1) is 15.9. The van der Waals surface area contributed by atoms with Crippen molar-refractivity contribution in [3.8, 4) is 11.1 Å². The summed E-state index contributed by atoms with van der Waals surface area (Å²) in [5.74, 6) is -2.11. The molecule has 2 aromatic carbocycles. The van der Waals surface area contributed by atoms with E-state index < -0.39 is 30.4 Å². The van der Waals surface area contributed by atoms with E-state index in [4.69, 9.17) is 4.74 Å². The summed E-state index contributed by atoms with van der Waals surface area (Å²) in [6.45, 7) is 0.728. The molecule has 0 saturated carbocycles. The Labute approximate surface area is 190 Å². The predicted octanol–water partition coefficient (Wildman–Crippen LogP) is 1.72. The zero-order valence-electron chi connectivity index (χ0n) is 18.0. The molecule has 3 amide bonds. The molecule has 1 heterocycles. The molecule has 9 heteroatoms. The van der Waals surface area contributed by atoms with E-state index in [1.165, 1.54) is 4.90 Å². The molecule has 2 aromatic rings. The number of aliphatic carboxylic acids is 1. The van der Waals surface area contributed by atoms with Crippen molar-refractivity contribution >= 4 is 23.9 Å². The van der Waals surface area contributed by atoms with Crippen LogP contribution in [0.5, 0.6) is 0 Å². The van der Waals surface area contributed by atoms with E-state index >= 15 is 0 Å². The van der Waals surface area contributed by atoms with Gasteiger partial charge in [0.25, 0.3) is 0 Å². The zero-order valence-corrected chi connectivity index (χ0v) is 18.0. The maximum Gasteiger partial charge on any atom is 0.407 e. The molecule has 1 aliphatic carbocycles. The molecule has 3 N–H and O–H groups in total. The van der Waals surface area contributed by atoms with Gasteiger partial charge >= 0.3 is 12.1 Å². The molecule has 2 aliphatic rings. The van der Waals surface area contributed by atoms with E-state index in [2.05, 4.69) is 10.6 Å². The SMILES string of the molecule is O=C(O)CC(NC(=O)OCC1c2ccccc2-c2ccccc21)C(=O)N1CCNC(=O)CC1. The quantitative estimate of drug-likeness (QED) is 0.614. The number of rotatable bonds is 6. The van der Waals surface area contributed by atoms with E-state index in [-0.39, 0.29) is 44.5 Å². The minimum Gasteiger partial charge on any atom is -0.481 e. The van der Waals surface area contributed by atoms with Gasteiger partial charge in [-0.15, -0.1) is 0 Å². The third-order valence-electron chi connectivity index (χ3n) is 5.94. The standard InChI is InChI=1S/C24H25N3O6/c28-21-9-11-27(12-10-25-21)23(31)20(13-22(29)30)26-24(32)33-14-19-17-7-3-1-5-15(17)16-6-2-4-8-18(16)19/h1-8,19-20H,9-14H2,(H,25,28)(H,26,32)(H,29,30). The first-order valence-corrected chi connectivity index (χ1v) is 10.8. The lowest BCUT2D eigenvalue weighted by Gasteiger charge is -2.25. The second-order valence-electron chi connectivity index (χ2n) is 8.05. The molecular formula is C24H25N3O6. The lowest BCUT2D eigenvalue weighted by Crippen LogP contribution is -2.50.